The van der Waals surface area contributed by atoms with Crippen LogP contribution in [-0.2, 0) is 11.2 Å². The Kier molecular flexibility index (Phi) is 3.69. The summed E-state index contributed by atoms with van der Waals surface area (Å²) in [6.07, 6.45) is 0.956. The quantitative estimate of drug-likeness (QED) is 0.667. The van der Waals surface area contributed by atoms with E-state index in [0.717, 1.165) is 12.0 Å². The number of anilines is 1. The van der Waals surface area contributed by atoms with Crippen LogP contribution in [0, 0.1) is 0 Å². The smallest absolute Gasteiger partial charge is 0.147 e. The van der Waals surface area contributed by atoms with Gasteiger partial charge < -0.3 is 5.73 Å². The fourth-order valence-electron chi connectivity index (χ4n) is 1.29. The number of nitrogens with two attached hydrogens (primary N) is 1. The predicted octanol–water partition coefficient (Wildman–Crippen LogP) is 2.86. The normalized spacial score (nSPS) is 12.5. The molecule has 0 aromatic heterocycles. The highest BCUT2D eigenvalue weighted by Gasteiger charge is 2.15. The Morgan fingerprint density at radius 1 is 1.57 bits per heavy atom. The van der Waals surface area contributed by atoms with Gasteiger partial charge in [-0.1, -0.05) is 35.0 Å². The zero-order valence-electron chi connectivity index (χ0n) is 8.38. The highest BCUT2D eigenvalue weighted by atomic mass is 79.9. The van der Waals surface area contributed by atoms with Crippen LogP contribution in [0.5, 0.6) is 0 Å². The average molecular weight is 256 g/mol. The van der Waals surface area contributed by atoms with Gasteiger partial charge in [-0.2, -0.15) is 0 Å². The maximum atomic E-state index is 11.1. The highest BCUT2D eigenvalue weighted by Crippen LogP contribution is 2.29. The number of carbonyl (C=O) groups is 1. The second kappa shape index (κ2) is 4.60. The standard InChI is InChI=1S/C11H14BrNO/c1-3-8-4-5-9(10(13)6-8)11(12)7(2)14/h4-6,11H,3,13H2,1-2H3. The minimum absolute atomic E-state index is 0.0703. The van der Waals surface area contributed by atoms with Crippen molar-refractivity contribution in [3.8, 4) is 0 Å². The fourth-order valence-corrected chi connectivity index (χ4v) is 1.71. The number of rotatable bonds is 3. The van der Waals surface area contributed by atoms with Crippen molar-refractivity contribution in [1.82, 2.24) is 0 Å². The Bertz CT molecular complexity index is 349. The number of alkyl halides is 1. The molecule has 0 saturated carbocycles. The molecule has 1 rings (SSSR count). The maximum absolute atomic E-state index is 11.1. The zero-order valence-corrected chi connectivity index (χ0v) is 9.97. The lowest BCUT2D eigenvalue weighted by atomic mass is 10.0. The van der Waals surface area contributed by atoms with E-state index in [2.05, 4.69) is 22.9 Å². The van der Waals surface area contributed by atoms with Crippen LogP contribution in [-0.4, -0.2) is 5.78 Å². The van der Waals surface area contributed by atoms with E-state index in [1.165, 1.54) is 5.56 Å². The monoisotopic (exact) mass is 255 g/mol. The van der Waals surface area contributed by atoms with Gasteiger partial charge in [-0.25, -0.2) is 0 Å². The number of halogens is 1. The van der Waals surface area contributed by atoms with Crippen molar-refractivity contribution in [2.24, 2.45) is 0 Å². The lowest BCUT2D eigenvalue weighted by Crippen LogP contribution is -2.05. The molecule has 3 heteroatoms. The first-order valence-electron chi connectivity index (χ1n) is 4.59. The summed E-state index contributed by atoms with van der Waals surface area (Å²) in [6.45, 7) is 3.62. The van der Waals surface area contributed by atoms with E-state index < -0.39 is 0 Å². The lowest BCUT2D eigenvalue weighted by Gasteiger charge is -2.10. The Hall–Kier alpha value is -0.830. The molecule has 0 heterocycles. The molecular formula is C11H14BrNO. The molecule has 0 spiro atoms. The van der Waals surface area contributed by atoms with Crippen LogP contribution in [0.3, 0.4) is 0 Å². The molecular weight excluding hydrogens is 242 g/mol. The van der Waals surface area contributed by atoms with E-state index in [4.69, 9.17) is 5.73 Å². The minimum atomic E-state index is -0.284. The van der Waals surface area contributed by atoms with Gasteiger partial charge in [0, 0.05) is 5.69 Å². The second-order valence-corrected chi connectivity index (χ2v) is 4.21. The Balaban J connectivity index is 3.05. The van der Waals surface area contributed by atoms with Crippen molar-refractivity contribution < 1.29 is 4.79 Å². The van der Waals surface area contributed by atoms with Gasteiger partial charge in [0.1, 0.15) is 5.78 Å². The van der Waals surface area contributed by atoms with Crippen molar-refractivity contribution in [2.75, 3.05) is 5.73 Å². The lowest BCUT2D eigenvalue weighted by molar-refractivity contribution is -0.116. The molecule has 14 heavy (non-hydrogen) atoms. The zero-order chi connectivity index (χ0) is 10.7. The highest BCUT2D eigenvalue weighted by molar-refractivity contribution is 9.09. The summed E-state index contributed by atoms with van der Waals surface area (Å²) < 4.78 is 0. The van der Waals surface area contributed by atoms with Crippen LogP contribution < -0.4 is 5.73 Å². The predicted molar refractivity (Wildman–Crippen MR) is 62.6 cm³/mol. The molecule has 2 nitrogen and oxygen atoms in total. The van der Waals surface area contributed by atoms with Crippen LogP contribution in [0.4, 0.5) is 5.69 Å². The SMILES string of the molecule is CCc1ccc(C(Br)C(C)=O)c(N)c1. The molecule has 0 aliphatic rings. The van der Waals surface area contributed by atoms with E-state index in [9.17, 15) is 4.79 Å². The molecule has 0 bridgehead atoms. The first kappa shape index (κ1) is 11.2. The summed E-state index contributed by atoms with van der Waals surface area (Å²) in [5.41, 5.74) is 8.58. The van der Waals surface area contributed by atoms with Crippen LogP contribution in [0.1, 0.15) is 29.8 Å². The Labute approximate surface area is 92.6 Å². The summed E-state index contributed by atoms with van der Waals surface area (Å²) in [6, 6.07) is 5.84. The van der Waals surface area contributed by atoms with Crippen molar-refractivity contribution in [1.29, 1.82) is 0 Å². The van der Waals surface area contributed by atoms with Gasteiger partial charge in [0.15, 0.2) is 0 Å². The van der Waals surface area contributed by atoms with Crippen molar-refractivity contribution in [3.63, 3.8) is 0 Å². The van der Waals surface area contributed by atoms with Gasteiger partial charge in [0.05, 0.1) is 4.83 Å². The number of nitrogen functional groups attached to an aromatic ring is 1. The van der Waals surface area contributed by atoms with Gasteiger partial charge >= 0.3 is 0 Å². The largest absolute Gasteiger partial charge is 0.398 e. The first-order chi connectivity index (χ1) is 6.56. The van der Waals surface area contributed by atoms with Crippen LogP contribution >= 0.6 is 15.9 Å². The van der Waals surface area contributed by atoms with E-state index in [1.54, 1.807) is 6.92 Å². The molecule has 0 amide bonds. The molecule has 76 valence electrons. The summed E-state index contributed by atoms with van der Waals surface area (Å²) in [5, 5.41) is 0. The Morgan fingerprint density at radius 2 is 2.21 bits per heavy atom. The fraction of sp³-hybridized carbons (Fsp3) is 0.364. The number of carbonyl (C=O) groups excluding carboxylic acids is 1. The van der Waals surface area contributed by atoms with E-state index in [-0.39, 0.29) is 10.6 Å². The van der Waals surface area contributed by atoms with E-state index >= 15 is 0 Å². The summed E-state index contributed by atoms with van der Waals surface area (Å²) in [7, 11) is 0. The maximum Gasteiger partial charge on any atom is 0.147 e. The van der Waals surface area contributed by atoms with Crippen LogP contribution in [0.2, 0.25) is 0 Å². The number of hydrogen-bond donors (Lipinski definition) is 1. The third-order valence-corrected chi connectivity index (χ3v) is 3.33. The molecule has 1 aromatic rings. The third-order valence-electron chi connectivity index (χ3n) is 2.19. The van der Waals surface area contributed by atoms with Gasteiger partial charge in [-0.15, -0.1) is 0 Å². The molecule has 0 radical (unpaired) electrons. The number of hydrogen-bond acceptors (Lipinski definition) is 2. The molecule has 2 N–H and O–H groups in total. The molecule has 1 unspecified atom stereocenters. The van der Waals surface area contributed by atoms with Crippen molar-refractivity contribution in [3.05, 3.63) is 29.3 Å². The summed E-state index contributed by atoms with van der Waals surface area (Å²) in [5.74, 6) is 0.0703. The van der Waals surface area contributed by atoms with E-state index in [0.29, 0.717) is 5.69 Å². The molecule has 0 fully saturated rings. The van der Waals surface area contributed by atoms with Crippen molar-refractivity contribution >= 4 is 27.4 Å². The van der Waals surface area contributed by atoms with Crippen molar-refractivity contribution in [2.45, 2.75) is 25.1 Å². The number of ketones is 1. The molecule has 0 saturated heterocycles. The number of benzene rings is 1. The van der Waals surface area contributed by atoms with Gasteiger partial charge in [0.2, 0.25) is 0 Å². The van der Waals surface area contributed by atoms with Crippen LogP contribution in [0.25, 0.3) is 0 Å². The first-order valence-corrected chi connectivity index (χ1v) is 5.50. The van der Waals surface area contributed by atoms with Crippen LogP contribution in [0.15, 0.2) is 18.2 Å². The molecule has 0 aliphatic carbocycles. The third kappa shape index (κ3) is 2.35. The van der Waals surface area contributed by atoms with E-state index in [1.807, 2.05) is 18.2 Å². The molecule has 1 atom stereocenters. The molecule has 1 aromatic carbocycles. The topological polar surface area (TPSA) is 43.1 Å². The number of aryl methyl sites for hydroxylation is 1. The minimum Gasteiger partial charge on any atom is -0.398 e. The van der Waals surface area contributed by atoms with Gasteiger partial charge in [-0.3, -0.25) is 4.79 Å². The second-order valence-electron chi connectivity index (χ2n) is 3.29. The molecule has 0 aliphatic heterocycles. The van der Waals surface area contributed by atoms with Gasteiger partial charge in [0.25, 0.3) is 0 Å². The van der Waals surface area contributed by atoms with Gasteiger partial charge in [-0.05, 0) is 30.5 Å². The number of Topliss-reactive ketones (excluding diaryl/α,β-unsaturated/α-hetero) is 1. The average Bonchev–Trinajstić information content (AvgIpc) is 2.16. The Morgan fingerprint density at radius 3 is 2.64 bits per heavy atom. The summed E-state index contributed by atoms with van der Waals surface area (Å²) >= 11 is 3.32. The summed E-state index contributed by atoms with van der Waals surface area (Å²) in [4.78, 5) is 10.9.